The van der Waals surface area contributed by atoms with Crippen molar-refractivity contribution in [2.45, 2.75) is 90.5 Å². The molecule has 5 aromatic rings. The molecule has 0 saturated heterocycles. The normalized spacial score (nSPS) is 16.1. The lowest BCUT2D eigenvalue weighted by Gasteiger charge is -2.26. The molecule has 0 unspecified atom stereocenters. The molecule has 376 valence electrons. The number of aliphatic imine (C=N–C) groups is 2. The first-order valence-corrected chi connectivity index (χ1v) is 25.1. The van der Waals surface area contributed by atoms with Gasteiger partial charge < -0.3 is 33.4 Å². The van der Waals surface area contributed by atoms with Gasteiger partial charge in [-0.05, 0) is 103 Å². The van der Waals surface area contributed by atoms with Crippen molar-refractivity contribution in [3.8, 4) is 17.2 Å². The summed E-state index contributed by atoms with van der Waals surface area (Å²) in [6.07, 6.45) is 9.06. The van der Waals surface area contributed by atoms with Gasteiger partial charge in [-0.2, -0.15) is 0 Å². The molecule has 4 heterocycles. The molecule has 2 amide bonds. The van der Waals surface area contributed by atoms with Crippen LogP contribution in [0.4, 0.5) is 28.4 Å². The van der Waals surface area contributed by atoms with Gasteiger partial charge in [0.1, 0.15) is 24.7 Å². The molecule has 0 radical (unpaired) electrons. The topological polar surface area (TPSA) is 167 Å². The van der Waals surface area contributed by atoms with E-state index in [2.05, 4.69) is 40.9 Å². The Morgan fingerprint density at radius 3 is 1.88 bits per heavy atom. The number of hydrogen-bond donors (Lipinski definition) is 1. The van der Waals surface area contributed by atoms with Crippen molar-refractivity contribution in [3.63, 3.8) is 0 Å². The summed E-state index contributed by atoms with van der Waals surface area (Å²) in [6, 6.07) is 29.1. The van der Waals surface area contributed by atoms with Crippen LogP contribution in [0.1, 0.15) is 94.0 Å². The Hall–Kier alpha value is -6.91. The first-order valence-electron chi connectivity index (χ1n) is 25.1. The number of unbranched alkanes of at least 4 members (excludes halogenated alkanes) is 1. The van der Waals surface area contributed by atoms with Crippen LogP contribution in [0.15, 0.2) is 101 Å². The van der Waals surface area contributed by atoms with E-state index < -0.39 is 0 Å². The number of ketones is 1. The zero-order chi connectivity index (χ0) is 50.0. The monoisotopic (exact) mass is 976 g/mol. The maximum atomic E-state index is 14.1. The summed E-state index contributed by atoms with van der Waals surface area (Å²) >= 11 is 0. The van der Waals surface area contributed by atoms with Gasteiger partial charge in [0.15, 0.2) is 11.5 Å². The summed E-state index contributed by atoms with van der Waals surface area (Å²) in [5.41, 5.74) is 9.53. The molecular formula is C57H64N6O9. The number of rotatable bonds is 25. The molecule has 2 atom stereocenters. The van der Waals surface area contributed by atoms with Crippen LogP contribution in [0.2, 0.25) is 0 Å². The lowest BCUT2D eigenvalue weighted by molar-refractivity contribution is -0.119. The van der Waals surface area contributed by atoms with Crippen molar-refractivity contribution in [1.82, 2.24) is 0 Å². The molecule has 0 aromatic heterocycles. The number of carbonyl (C=O) groups excluding carboxylic acids is 3. The number of anilines is 3. The zero-order valence-corrected chi connectivity index (χ0v) is 41.5. The highest BCUT2D eigenvalue weighted by atomic mass is 16.6. The molecule has 9 rings (SSSR count). The van der Waals surface area contributed by atoms with E-state index in [0.717, 1.165) is 64.1 Å². The predicted octanol–water partition coefficient (Wildman–Crippen LogP) is 9.40. The van der Waals surface area contributed by atoms with E-state index in [1.54, 1.807) is 19.2 Å². The molecule has 0 saturated carbocycles. The maximum absolute atomic E-state index is 14.1. The number of ether oxygens (including phenoxy) is 5. The van der Waals surface area contributed by atoms with Gasteiger partial charge in [0.2, 0.25) is 0 Å². The van der Waals surface area contributed by atoms with E-state index in [4.69, 9.17) is 39.6 Å². The first kappa shape index (κ1) is 50.0. The minimum absolute atomic E-state index is 0.0829. The fraction of sp³-hybridized carbons (Fsp3) is 0.386. The SMILES string of the molecule is CCCOCCOCCN(CCCC(=O)CCCCON)c1cc(COc2cc3c(cc2C)C(=O)N2c4ccccc4C[C@H]2C=N3)cc(COc2cc3c(cc2OC)C(=O)N2c4ccccc4C[C@H]2C=N3)c1. The summed E-state index contributed by atoms with van der Waals surface area (Å²) < 4.78 is 30.8. The van der Waals surface area contributed by atoms with Crippen molar-refractivity contribution in [2.24, 2.45) is 15.9 Å². The zero-order valence-electron chi connectivity index (χ0n) is 41.5. The predicted molar refractivity (Wildman–Crippen MR) is 279 cm³/mol. The fourth-order valence-electron chi connectivity index (χ4n) is 9.91. The highest BCUT2D eigenvalue weighted by molar-refractivity contribution is 6.15. The third-order valence-corrected chi connectivity index (χ3v) is 13.5. The average molecular weight is 977 g/mol. The van der Waals surface area contributed by atoms with Gasteiger partial charge >= 0.3 is 0 Å². The third-order valence-electron chi connectivity index (χ3n) is 13.5. The Morgan fingerprint density at radius 1 is 0.667 bits per heavy atom. The van der Waals surface area contributed by atoms with E-state index in [0.29, 0.717) is 118 Å². The number of carbonyl (C=O) groups is 3. The van der Waals surface area contributed by atoms with E-state index in [1.807, 2.05) is 83.8 Å². The maximum Gasteiger partial charge on any atom is 0.261 e. The van der Waals surface area contributed by atoms with Crippen molar-refractivity contribution >= 4 is 58.5 Å². The average Bonchev–Trinajstić information content (AvgIpc) is 3.89. The van der Waals surface area contributed by atoms with Crippen LogP contribution in [0, 0.1) is 6.92 Å². The van der Waals surface area contributed by atoms with Gasteiger partial charge in [-0.1, -0.05) is 43.3 Å². The van der Waals surface area contributed by atoms with E-state index in [-0.39, 0.29) is 42.9 Å². The number of Topliss-reactive ketones (excluding diaryl/α,β-unsaturated/α-hetero) is 1. The van der Waals surface area contributed by atoms with Crippen LogP contribution in [-0.2, 0) is 45.2 Å². The third kappa shape index (κ3) is 11.4. The van der Waals surface area contributed by atoms with Crippen molar-refractivity contribution in [3.05, 3.63) is 130 Å². The number of methoxy groups -OCH3 is 1. The van der Waals surface area contributed by atoms with E-state index >= 15 is 0 Å². The van der Waals surface area contributed by atoms with Gasteiger partial charge in [-0.25, -0.2) is 5.90 Å². The summed E-state index contributed by atoms with van der Waals surface area (Å²) in [5.74, 6) is 6.63. The smallest absolute Gasteiger partial charge is 0.261 e. The molecule has 5 aromatic carbocycles. The Bertz CT molecular complexity index is 2830. The second-order valence-corrected chi connectivity index (χ2v) is 18.6. The Balaban J connectivity index is 0.980. The summed E-state index contributed by atoms with van der Waals surface area (Å²) in [5, 5.41) is 0. The standard InChI is InChI=1S/C57H64N6O9/c1-4-20-68-23-24-69-22-19-61(18-11-15-46(64)14-9-10-21-72-58)43-27-39(36-70-53-32-49-47(25-38(53)2)56(65)62-44(34-59-49)29-41-12-5-7-16-51(41)62)26-40(28-43)37-71-55-33-50-48(31-54(55)67-3)57(66)63-45(35-60-50)30-42-13-6-8-17-52(42)63/h5-8,12-13,16-17,25-28,31-35,44-45H,4,9-11,14-15,18-24,29-30,36-37,58H2,1-3H3/t44-,45-/m0/s1. The van der Waals surface area contributed by atoms with Gasteiger partial charge in [-0.3, -0.25) is 34.2 Å². The number of benzene rings is 5. The van der Waals surface area contributed by atoms with Crippen LogP contribution in [0.5, 0.6) is 17.2 Å². The number of nitrogens with two attached hydrogens (primary N) is 1. The summed E-state index contributed by atoms with van der Waals surface area (Å²) in [6.45, 7) is 8.06. The Kier molecular flexibility index (Phi) is 16.4. The van der Waals surface area contributed by atoms with Gasteiger partial charge in [0.05, 0.1) is 68.1 Å². The van der Waals surface area contributed by atoms with Crippen LogP contribution < -0.4 is 34.8 Å². The number of fused-ring (bicyclic) bond motifs is 8. The van der Waals surface area contributed by atoms with Crippen LogP contribution in [0.3, 0.4) is 0 Å². The summed E-state index contributed by atoms with van der Waals surface area (Å²) in [4.78, 5) is 61.4. The van der Waals surface area contributed by atoms with E-state index in [9.17, 15) is 14.4 Å². The van der Waals surface area contributed by atoms with Crippen molar-refractivity contribution in [1.29, 1.82) is 0 Å². The second kappa shape index (κ2) is 23.5. The second-order valence-electron chi connectivity index (χ2n) is 18.6. The number of hydrogen-bond acceptors (Lipinski definition) is 13. The molecule has 72 heavy (non-hydrogen) atoms. The van der Waals surface area contributed by atoms with Gasteiger partial charge in [0.25, 0.3) is 11.8 Å². The molecule has 0 fully saturated rings. The number of nitrogens with zero attached hydrogens (tertiary/aromatic N) is 5. The number of amides is 2. The number of aryl methyl sites for hydroxylation is 1. The molecule has 15 heteroatoms. The van der Waals surface area contributed by atoms with Crippen LogP contribution >= 0.6 is 0 Å². The minimum Gasteiger partial charge on any atom is -0.493 e. The Morgan fingerprint density at radius 2 is 1.25 bits per heavy atom. The fourth-order valence-corrected chi connectivity index (χ4v) is 9.91. The Labute approximate surface area is 421 Å². The molecule has 0 aliphatic carbocycles. The summed E-state index contributed by atoms with van der Waals surface area (Å²) in [7, 11) is 1.56. The molecule has 0 spiro atoms. The highest BCUT2D eigenvalue weighted by Crippen LogP contribution is 2.42. The van der Waals surface area contributed by atoms with Crippen LogP contribution in [0.25, 0.3) is 0 Å². The van der Waals surface area contributed by atoms with Crippen molar-refractivity contribution < 1.29 is 42.9 Å². The molecule has 2 N–H and O–H groups in total. The van der Waals surface area contributed by atoms with Crippen molar-refractivity contribution in [2.75, 3.05) is 67.9 Å². The lowest BCUT2D eigenvalue weighted by atomic mass is 10.1. The first-order chi connectivity index (χ1) is 35.2. The van der Waals surface area contributed by atoms with Crippen LogP contribution in [-0.4, -0.2) is 95.3 Å². The number of para-hydroxylation sites is 2. The molecule has 4 aliphatic heterocycles. The minimum atomic E-state index is -0.195. The van der Waals surface area contributed by atoms with Gasteiger partial charge in [-0.15, -0.1) is 0 Å². The largest absolute Gasteiger partial charge is 0.493 e. The molecular weight excluding hydrogens is 913 g/mol. The van der Waals surface area contributed by atoms with E-state index in [1.165, 1.54) is 0 Å². The van der Waals surface area contributed by atoms with Gasteiger partial charge in [0, 0.05) is 87.0 Å². The molecule has 4 aliphatic rings. The molecule has 15 nitrogen and oxygen atoms in total. The highest BCUT2D eigenvalue weighted by Gasteiger charge is 2.38. The lowest BCUT2D eigenvalue weighted by Crippen LogP contribution is -2.37. The molecule has 0 bridgehead atoms. The quantitative estimate of drug-likeness (QED) is 0.0437.